The largest absolute Gasteiger partial charge is 0.476 e. The van der Waals surface area contributed by atoms with Gasteiger partial charge in [0.15, 0.2) is 5.69 Å². The summed E-state index contributed by atoms with van der Waals surface area (Å²) in [5.74, 6) is -0.935. The van der Waals surface area contributed by atoms with Gasteiger partial charge in [0.2, 0.25) is 0 Å². The molecule has 3 rings (SSSR count). The number of carboxylic acids is 1. The lowest BCUT2D eigenvalue weighted by Crippen LogP contribution is -2.04. The van der Waals surface area contributed by atoms with Crippen LogP contribution in [0.5, 0.6) is 0 Å². The molecule has 0 spiro atoms. The molecular weight excluding hydrogens is 192 g/mol. The Morgan fingerprint density at radius 3 is 3.00 bits per heavy atom. The Bertz CT molecular complexity index is 471. The summed E-state index contributed by atoms with van der Waals surface area (Å²) in [5.41, 5.74) is 3.92. The first-order valence-corrected chi connectivity index (χ1v) is 5.29. The minimum Gasteiger partial charge on any atom is -0.476 e. The van der Waals surface area contributed by atoms with Crippen molar-refractivity contribution in [1.82, 2.24) is 9.78 Å². The number of fused-ring (bicyclic) bond motifs is 2. The predicted molar refractivity (Wildman–Crippen MR) is 54.6 cm³/mol. The average molecular weight is 204 g/mol. The first kappa shape index (κ1) is 8.71. The van der Waals surface area contributed by atoms with Gasteiger partial charge in [-0.3, -0.25) is 0 Å². The highest BCUT2D eigenvalue weighted by atomic mass is 16.4. The van der Waals surface area contributed by atoms with Crippen molar-refractivity contribution in [3.05, 3.63) is 23.0 Å². The molecule has 1 aliphatic heterocycles. The van der Waals surface area contributed by atoms with Gasteiger partial charge in [-0.05, 0) is 37.3 Å². The van der Waals surface area contributed by atoms with Gasteiger partial charge >= 0.3 is 5.97 Å². The molecular formula is C11H12N2O2. The maximum absolute atomic E-state index is 10.8. The SMILES string of the molecule is O=C(O)c1cc2n(n1)C1=C(CCCC1)C2. The van der Waals surface area contributed by atoms with Crippen molar-refractivity contribution >= 4 is 11.7 Å². The van der Waals surface area contributed by atoms with Crippen LogP contribution in [0.25, 0.3) is 5.70 Å². The van der Waals surface area contributed by atoms with Crippen molar-refractivity contribution in [1.29, 1.82) is 0 Å². The fraction of sp³-hybridized carbons (Fsp3) is 0.455. The van der Waals surface area contributed by atoms with Crippen LogP contribution in [0.15, 0.2) is 11.6 Å². The Balaban J connectivity index is 2.05. The van der Waals surface area contributed by atoms with Crippen LogP contribution in [0.2, 0.25) is 0 Å². The molecule has 4 heteroatoms. The molecule has 0 bridgehead atoms. The van der Waals surface area contributed by atoms with E-state index in [1.807, 2.05) is 4.68 Å². The third-order valence-corrected chi connectivity index (χ3v) is 3.20. The summed E-state index contributed by atoms with van der Waals surface area (Å²) in [6, 6.07) is 1.70. The van der Waals surface area contributed by atoms with Crippen molar-refractivity contribution in [3.63, 3.8) is 0 Å². The summed E-state index contributed by atoms with van der Waals surface area (Å²) in [5, 5.41) is 13.0. The van der Waals surface area contributed by atoms with E-state index in [1.54, 1.807) is 6.07 Å². The first-order chi connectivity index (χ1) is 7.25. The number of aromatic nitrogens is 2. The molecule has 1 aromatic rings. The minimum absolute atomic E-state index is 0.169. The fourth-order valence-corrected chi connectivity index (χ4v) is 2.50. The van der Waals surface area contributed by atoms with Crippen molar-refractivity contribution in [3.8, 4) is 0 Å². The van der Waals surface area contributed by atoms with Crippen molar-refractivity contribution in [2.45, 2.75) is 32.1 Å². The smallest absolute Gasteiger partial charge is 0.356 e. The van der Waals surface area contributed by atoms with E-state index in [-0.39, 0.29) is 5.69 Å². The van der Waals surface area contributed by atoms with Gasteiger partial charge in [0.25, 0.3) is 0 Å². The van der Waals surface area contributed by atoms with Crippen molar-refractivity contribution < 1.29 is 9.90 Å². The summed E-state index contributed by atoms with van der Waals surface area (Å²) in [4.78, 5) is 10.8. The van der Waals surface area contributed by atoms with Gasteiger partial charge < -0.3 is 5.11 Å². The second-order valence-electron chi connectivity index (χ2n) is 4.17. The second kappa shape index (κ2) is 2.95. The van der Waals surface area contributed by atoms with Crippen LogP contribution >= 0.6 is 0 Å². The maximum atomic E-state index is 10.8. The van der Waals surface area contributed by atoms with E-state index in [0.29, 0.717) is 0 Å². The number of carbonyl (C=O) groups is 1. The second-order valence-corrected chi connectivity index (χ2v) is 4.17. The molecule has 0 saturated carbocycles. The number of hydrogen-bond donors (Lipinski definition) is 1. The number of carboxylic acid groups (broad SMARTS) is 1. The number of nitrogens with zero attached hydrogens (tertiary/aromatic N) is 2. The Morgan fingerprint density at radius 1 is 1.40 bits per heavy atom. The fourth-order valence-electron chi connectivity index (χ4n) is 2.50. The van der Waals surface area contributed by atoms with E-state index >= 15 is 0 Å². The lowest BCUT2D eigenvalue weighted by Gasteiger charge is -2.13. The van der Waals surface area contributed by atoms with Crippen LogP contribution < -0.4 is 0 Å². The van der Waals surface area contributed by atoms with Crippen molar-refractivity contribution in [2.75, 3.05) is 0 Å². The molecule has 1 aliphatic carbocycles. The molecule has 0 fully saturated rings. The quantitative estimate of drug-likeness (QED) is 0.760. The zero-order valence-electron chi connectivity index (χ0n) is 8.36. The maximum Gasteiger partial charge on any atom is 0.356 e. The molecule has 0 aromatic carbocycles. The summed E-state index contributed by atoms with van der Waals surface area (Å²) >= 11 is 0. The highest BCUT2D eigenvalue weighted by Crippen LogP contribution is 2.36. The molecule has 0 unspecified atom stereocenters. The van der Waals surface area contributed by atoms with Gasteiger partial charge in [-0.1, -0.05) is 0 Å². The lowest BCUT2D eigenvalue weighted by molar-refractivity contribution is 0.0690. The van der Waals surface area contributed by atoms with Gasteiger partial charge in [-0.15, -0.1) is 0 Å². The van der Waals surface area contributed by atoms with Crippen LogP contribution in [0.3, 0.4) is 0 Å². The lowest BCUT2D eigenvalue weighted by atomic mass is 9.96. The molecule has 0 amide bonds. The highest BCUT2D eigenvalue weighted by molar-refractivity contribution is 5.86. The molecule has 0 atom stereocenters. The standard InChI is InChI=1S/C11H12N2O2/c14-11(15)9-6-8-5-7-3-1-2-4-10(7)13(8)12-9/h6H,1-5H2,(H,14,15). The van der Waals surface area contributed by atoms with Crippen LogP contribution in [-0.4, -0.2) is 20.9 Å². The van der Waals surface area contributed by atoms with Crippen LogP contribution in [0.4, 0.5) is 0 Å². The number of hydrogen-bond acceptors (Lipinski definition) is 2. The molecule has 1 N–H and O–H groups in total. The first-order valence-electron chi connectivity index (χ1n) is 5.29. The molecule has 1 aromatic heterocycles. The van der Waals surface area contributed by atoms with Gasteiger partial charge in [0, 0.05) is 17.8 Å². The van der Waals surface area contributed by atoms with Crippen LogP contribution in [0.1, 0.15) is 41.9 Å². The van der Waals surface area contributed by atoms with Gasteiger partial charge in [-0.2, -0.15) is 5.10 Å². The molecule has 2 aliphatic rings. The molecule has 15 heavy (non-hydrogen) atoms. The molecule has 78 valence electrons. The van der Waals surface area contributed by atoms with E-state index in [4.69, 9.17) is 5.11 Å². The van der Waals surface area contributed by atoms with E-state index in [1.165, 1.54) is 24.1 Å². The molecule has 2 heterocycles. The number of aromatic carboxylic acids is 1. The van der Waals surface area contributed by atoms with Crippen LogP contribution in [-0.2, 0) is 6.42 Å². The molecule has 0 radical (unpaired) electrons. The van der Waals surface area contributed by atoms with Gasteiger partial charge in [0.05, 0.1) is 0 Å². The Kier molecular flexibility index (Phi) is 1.71. The monoisotopic (exact) mass is 204 g/mol. The zero-order chi connectivity index (χ0) is 10.4. The average Bonchev–Trinajstić information content (AvgIpc) is 2.73. The van der Waals surface area contributed by atoms with E-state index in [9.17, 15) is 4.79 Å². The van der Waals surface area contributed by atoms with Crippen LogP contribution in [0, 0.1) is 0 Å². The molecule has 0 saturated heterocycles. The Hall–Kier alpha value is -1.58. The Labute approximate surface area is 87.2 Å². The van der Waals surface area contributed by atoms with Gasteiger partial charge in [0.1, 0.15) is 0 Å². The van der Waals surface area contributed by atoms with Crippen molar-refractivity contribution in [2.24, 2.45) is 0 Å². The predicted octanol–water partition coefficient (Wildman–Crippen LogP) is 1.92. The molecule has 4 nitrogen and oxygen atoms in total. The Morgan fingerprint density at radius 2 is 2.20 bits per heavy atom. The van der Waals surface area contributed by atoms with Gasteiger partial charge in [-0.25, -0.2) is 9.48 Å². The zero-order valence-corrected chi connectivity index (χ0v) is 8.36. The third-order valence-electron chi connectivity index (χ3n) is 3.20. The van der Waals surface area contributed by atoms with E-state index < -0.39 is 5.97 Å². The third kappa shape index (κ3) is 1.21. The van der Waals surface area contributed by atoms with E-state index in [0.717, 1.165) is 25.0 Å². The highest BCUT2D eigenvalue weighted by Gasteiger charge is 2.26. The van der Waals surface area contributed by atoms with E-state index in [2.05, 4.69) is 5.10 Å². The number of rotatable bonds is 1. The topological polar surface area (TPSA) is 55.1 Å². The number of allylic oxidation sites excluding steroid dienone is 2. The normalized spacial score (nSPS) is 18.9. The summed E-state index contributed by atoms with van der Waals surface area (Å²) in [6.07, 6.45) is 5.55. The summed E-state index contributed by atoms with van der Waals surface area (Å²) < 4.78 is 1.85. The summed E-state index contributed by atoms with van der Waals surface area (Å²) in [6.45, 7) is 0. The summed E-state index contributed by atoms with van der Waals surface area (Å²) in [7, 11) is 0. The minimum atomic E-state index is -0.935.